The van der Waals surface area contributed by atoms with Gasteiger partial charge in [0.1, 0.15) is 0 Å². The first-order valence-electron chi connectivity index (χ1n) is 9.45. The second-order valence-corrected chi connectivity index (χ2v) is 9.94. The molecular formula is C23H31NO4S. The highest BCUT2D eigenvalue weighted by molar-refractivity contribution is 7.99. The summed E-state index contributed by atoms with van der Waals surface area (Å²) in [5.41, 5.74) is 4.37. The maximum absolute atomic E-state index is 9.10. The van der Waals surface area contributed by atoms with Crippen molar-refractivity contribution in [2.45, 2.75) is 63.7 Å². The Labute approximate surface area is 177 Å². The fourth-order valence-corrected chi connectivity index (χ4v) is 3.34. The number of carboxylic acids is 2. The summed E-state index contributed by atoms with van der Waals surface area (Å²) in [5.74, 6) is -2.58. The first-order chi connectivity index (χ1) is 13.3. The van der Waals surface area contributed by atoms with Crippen molar-refractivity contribution in [2.24, 2.45) is 0 Å². The third-order valence-corrected chi connectivity index (χ3v) is 5.15. The van der Waals surface area contributed by atoms with Gasteiger partial charge in [0, 0.05) is 22.5 Å². The lowest BCUT2D eigenvalue weighted by molar-refractivity contribution is -0.159. The predicted octanol–water partition coefficient (Wildman–Crippen LogP) is 5.17. The number of hydrogen-bond acceptors (Lipinski definition) is 4. The maximum Gasteiger partial charge on any atom is 0.414 e. The molecule has 0 amide bonds. The van der Waals surface area contributed by atoms with Crippen molar-refractivity contribution in [1.29, 1.82) is 0 Å². The number of carbonyl (C=O) groups is 2. The van der Waals surface area contributed by atoms with Gasteiger partial charge in [-0.15, -0.1) is 11.8 Å². The third-order valence-electron chi connectivity index (χ3n) is 4.17. The Morgan fingerprint density at radius 2 is 1.41 bits per heavy atom. The second kappa shape index (κ2) is 10.4. The smallest absolute Gasteiger partial charge is 0.414 e. The minimum atomic E-state index is -1.82. The van der Waals surface area contributed by atoms with E-state index in [1.807, 2.05) is 24.0 Å². The lowest BCUT2D eigenvalue weighted by Gasteiger charge is -2.26. The maximum atomic E-state index is 9.10. The quantitative estimate of drug-likeness (QED) is 0.527. The fourth-order valence-electron chi connectivity index (χ4n) is 2.37. The summed E-state index contributed by atoms with van der Waals surface area (Å²) in [7, 11) is 0. The van der Waals surface area contributed by atoms with Gasteiger partial charge in [0.25, 0.3) is 0 Å². The summed E-state index contributed by atoms with van der Waals surface area (Å²) >= 11 is 1.94. The van der Waals surface area contributed by atoms with Gasteiger partial charge in [-0.3, -0.25) is 4.98 Å². The molecule has 0 unspecified atom stereocenters. The van der Waals surface area contributed by atoms with Crippen LogP contribution in [0.2, 0.25) is 0 Å². The number of hydrogen-bond donors (Lipinski definition) is 2. The lowest BCUT2D eigenvalue weighted by atomic mass is 9.81. The average molecular weight is 418 g/mol. The summed E-state index contributed by atoms with van der Waals surface area (Å²) in [6.07, 6.45) is 2.88. The van der Waals surface area contributed by atoms with Crippen LogP contribution in [-0.2, 0) is 26.8 Å². The first kappa shape index (κ1) is 24.7. The Morgan fingerprint density at radius 3 is 1.79 bits per heavy atom. The van der Waals surface area contributed by atoms with E-state index in [2.05, 4.69) is 76.9 Å². The molecule has 0 fully saturated rings. The summed E-state index contributed by atoms with van der Waals surface area (Å²) < 4.78 is 0. The van der Waals surface area contributed by atoms with E-state index in [-0.39, 0.29) is 10.8 Å². The molecule has 0 spiro atoms. The number of benzene rings is 1. The van der Waals surface area contributed by atoms with Gasteiger partial charge in [-0.05, 0) is 52.6 Å². The average Bonchev–Trinajstić information content (AvgIpc) is 2.61. The molecule has 1 aromatic carbocycles. The SMILES string of the molecule is CC(C)(C)c1cc(SCCc2ccccn2)cc(C(C)(C)C)c1.O=C(O)C(=O)O. The minimum absolute atomic E-state index is 0.178. The summed E-state index contributed by atoms with van der Waals surface area (Å²) in [5, 5.41) is 14.8. The highest BCUT2D eigenvalue weighted by atomic mass is 32.2. The van der Waals surface area contributed by atoms with Crippen molar-refractivity contribution in [3.8, 4) is 0 Å². The molecule has 1 heterocycles. The van der Waals surface area contributed by atoms with E-state index in [1.54, 1.807) is 0 Å². The van der Waals surface area contributed by atoms with Crippen LogP contribution in [0.3, 0.4) is 0 Å². The van der Waals surface area contributed by atoms with Crippen molar-refractivity contribution in [3.63, 3.8) is 0 Å². The number of aromatic nitrogens is 1. The standard InChI is InChI=1S/C21H29NS.C2H2O4/c1-20(2,3)16-13-17(21(4,5)6)15-19(14-16)23-12-10-18-9-7-8-11-22-18;3-1(4)2(5)6/h7-9,11,13-15H,10,12H2,1-6H3;(H,3,4)(H,5,6). The second-order valence-electron chi connectivity index (χ2n) is 8.78. The van der Waals surface area contributed by atoms with E-state index in [0.717, 1.165) is 12.2 Å². The molecule has 0 saturated heterocycles. The Balaban J connectivity index is 0.000000612. The molecule has 29 heavy (non-hydrogen) atoms. The Bertz CT molecular complexity index is 777. The lowest BCUT2D eigenvalue weighted by Crippen LogP contribution is -2.16. The molecule has 2 N–H and O–H groups in total. The molecule has 0 saturated carbocycles. The van der Waals surface area contributed by atoms with Gasteiger partial charge in [0.05, 0.1) is 0 Å². The first-order valence-corrected chi connectivity index (χ1v) is 10.4. The molecule has 0 aliphatic heterocycles. The number of aryl methyl sites for hydroxylation is 1. The summed E-state index contributed by atoms with van der Waals surface area (Å²) in [4.78, 5) is 24.0. The van der Waals surface area contributed by atoms with Crippen LogP contribution in [0.15, 0.2) is 47.5 Å². The van der Waals surface area contributed by atoms with E-state index in [1.165, 1.54) is 21.7 Å². The zero-order valence-electron chi connectivity index (χ0n) is 18.0. The molecule has 5 nitrogen and oxygen atoms in total. The molecule has 1 aromatic heterocycles. The number of thioether (sulfide) groups is 1. The molecule has 0 atom stereocenters. The molecule has 2 rings (SSSR count). The van der Waals surface area contributed by atoms with Gasteiger partial charge >= 0.3 is 11.9 Å². The largest absolute Gasteiger partial charge is 0.473 e. The van der Waals surface area contributed by atoms with Crippen LogP contribution >= 0.6 is 11.8 Å². The van der Waals surface area contributed by atoms with Gasteiger partial charge < -0.3 is 10.2 Å². The number of pyridine rings is 1. The van der Waals surface area contributed by atoms with Crippen LogP contribution in [0.1, 0.15) is 58.4 Å². The van der Waals surface area contributed by atoms with Crippen LogP contribution < -0.4 is 0 Å². The van der Waals surface area contributed by atoms with E-state index in [9.17, 15) is 0 Å². The van der Waals surface area contributed by atoms with Crippen molar-refractivity contribution in [1.82, 2.24) is 4.98 Å². The van der Waals surface area contributed by atoms with Gasteiger partial charge in [-0.2, -0.15) is 0 Å². The third kappa shape index (κ3) is 9.13. The van der Waals surface area contributed by atoms with E-state index < -0.39 is 11.9 Å². The van der Waals surface area contributed by atoms with E-state index in [4.69, 9.17) is 19.8 Å². The molecule has 6 heteroatoms. The fraction of sp³-hybridized carbons (Fsp3) is 0.435. The number of nitrogens with zero attached hydrogens (tertiary/aromatic N) is 1. The molecule has 0 aliphatic rings. The van der Waals surface area contributed by atoms with Crippen molar-refractivity contribution < 1.29 is 19.8 Å². The topological polar surface area (TPSA) is 87.5 Å². The predicted molar refractivity (Wildman–Crippen MR) is 118 cm³/mol. The normalized spacial score (nSPS) is 11.4. The van der Waals surface area contributed by atoms with E-state index in [0.29, 0.717) is 0 Å². The molecule has 158 valence electrons. The van der Waals surface area contributed by atoms with Crippen LogP contribution in [0.4, 0.5) is 0 Å². The zero-order chi connectivity index (χ0) is 22.2. The van der Waals surface area contributed by atoms with Crippen molar-refractivity contribution in [3.05, 3.63) is 59.4 Å². The van der Waals surface area contributed by atoms with Gasteiger partial charge in [0.2, 0.25) is 0 Å². The van der Waals surface area contributed by atoms with Crippen molar-refractivity contribution >= 4 is 23.7 Å². The highest BCUT2D eigenvalue weighted by Gasteiger charge is 2.20. The summed E-state index contributed by atoms with van der Waals surface area (Å²) in [6.45, 7) is 13.7. The van der Waals surface area contributed by atoms with Gasteiger partial charge in [-0.1, -0.05) is 53.7 Å². The highest BCUT2D eigenvalue weighted by Crippen LogP contribution is 2.33. The number of aliphatic carboxylic acids is 2. The summed E-state index contributed by atoms with van der Waals surface area (Å²) in [6, 6.07) is 13.2. The van der Waals surface area contributed by atoms with Gasteiger partial charge in [-0.25, -0.2) is 9.59 Å². The Morgan fingerprint density at radius 1 is 0.897 bits per heavy atom. The molecule has 0 radical (unpaired) electrons. The Kier molecular flexibility index (Phi) is 8.89. The molecular weight excluding hydrogens is 386 g/mol. The number of rotatable bonds is 4. The van der Waals surface area contributed by atoms with Crippen LogP contribution in [0, 0.1) is 0 Å². The van der Waals surface area contributed by atoms with Crippen LogP contribution in [0.25, 0.3) is 0 Å². The van der Waals surface area contributed by atoms with E-state index >= 15 is 0 Å². The Hall–Kier alpha value is -2.34. The van der Waals surface area contributed by atoms with Crippen molar-refractivity contribution in [2.75, 3.05) is 5.75 Å². The van der Waals surface area contributed by atoms with Crippen LogP contribution in [-0.4, -0.2) is 32.9 Å². The molecule has 0 aliphatic carbocycles. The monoisotopic (exact) mass is 417 g/mol. The number of carboxylic acid groups (broad SMARTS) is 2. The van der Waals surface area contributed by atoms with Gasteiger partial charge in [0.15, 0.2) is 0 Å². The molecule has 0 bridgehead atoms. The molecule has 2 aromatic rings. The van der Waals surface area contributed by atoms with Crippen LogP contribution in [0.5, 0.6) is 0 Å². The zero-order valence-corrected chi connectivity index (χ0v) is 18.8. The minimum Gasteiger partial charge on any atom is -0.473 e.